The molecule has 0 radical (unpaired) electrons. The summed E-state index contributed by atoms with van der Waals surface area (Å²) in [5, 5.41) is 19.9. The third-order valence-electron chi connectivity index (χ3n) is 5.37. The molecule has 0 saturated carbocycles. The van der Waals surface area contributed by atoms with Gasteiger partial charge in [0, 0.05) is 12.8 Å². The van der Waals surface area contributed by atoms with Crippen molar-refractivity contribution >= 4 is 11.9 Å². The molecule has 0 aliphatic rings. The highest BCUT2D eigenvalue weighted by Gasteiger charge is 2.15. The maximum atomic E-state index is 11.7. The monoisotopic (exact) mass is 414 g/mol. The molecule has 0 saturated heterocycles. The molecule has 0 fully saturated rings. The van der Waals surface area contributed by atoms with Crippen LogP contribution in [0.2, 0.25) is 0 Å². The zero-order valence-electron chi connectivity index (χ0n) is 19.0. The molecule has 2 atom stereocenters. The van der Waals surface area contributed by atoms with Crippen LogP contribution in [0.5, 0.6) is 0 Å². The maximum absolute atomic E-state index is 11.7. The number of esters is 2. The van der Waals surface area contributed by atoms with Crippen LogP contribution >= 0.6 is 0 Å². The van der Waals surface area contributed by atoms with Gasteiger partial charge in [0.15, 0.2) is 0 Å². The van der Waals surface area contributed by atoms with Crippen molar-refractivity contribution < 1.29 is 24.5 Å². The molecular weight excluding hydrogens is 368 g/mol. The normalized spacial score (nSPS) is 13.2. The van der Waals surface area contributed by atoms with E-state index in [2.05, 4.69) is 13.8 Å². The molecule has 0 aromatic heterocycles. The van der Waals surface area contributed by atoms with E-state index < -0.39 is 24.1 Å². The van der Waals surface area contributed by atoms with Crippen molar-refractivity contribution in [2.45, 2.75) is 142 Å². The molecule has 5 nitrogen and oxygen atoms in total. The minimum absolute atomic E-state index is 0.0586. The van der Waals surface area contributed by atoms with Crippen LogP contribution in [-0.2, 0) is 14.3 Å². The van der Waals surface area contributed by atoms with Crippen LogP contribution in [0.4, 0.5) is 0 Å². The van der Waals surface area contributed by atoms with Crippen molar-refractivity contribution in [3.63, 3.8) is 0 Å². The number of hydrogen-bond acceptors (Lipinski definition) is 5. The highest BCUT2D eigenvalue weighted by molar-refractivity contribution is 5.85. The van der Waals surface area contributed by atoms with E-state index in [0.717, 1.165) is 25.7 Å². The van der Waals surface area contributed by atoms with Gasteiger partial charge in [0.25, 0.3) is 0 Å². The number of unbranched alkanes of at least 4 members (excludes halogenated alkanes) is 10. The Balaban J connectivity index is 3.64. The first-order chi connectivity index (χ1) is 14.0. The van der Waals surface area contributed by atoms with Gasteiger partial charge in [-0.3, -0.25) is 9.59 Å². The Kier molecular flexibility index (Phi) is 19.7. The fourth-order valence-electron chi connectivity index (χ4n) is 3.41. The zero-order valence-corrected chi connectivity index (χ0v) is 19.0. The van der Waals surface area contributed by atoms with Crippen LogP contribution in [-0.4, -0.2) is 34.4 Å². The van der Waals surface area contributed by atoms with Gasteiger partial charge in [-0.2, -0.15) is 0 Å². The number of aliphatic hydroxyl groups excluding tert-OH is 2. The molecule has 0 rings (SSSR count). The van der Waals surface area contributed by atoms with E-state index in [1.165, 1.54) is 51.4 Å². The summed E-state index contributed by atoms with van der Waals surface area (Å²) >= 11 is 0. The van der Waals surface area contributed by atoms with E-state index in [1.54, 1.807) is 0 Å². The van der Waals surface area contributed by atoms with E-state index in [-0.39, 0.29) is 12.8 Å². The van der Waals surface area contributed by atoms with Crippen LogP contribution in [0.25, 0.3) is 0 Å². The van der Waals surface area contributed by atoms with Crippen LogP contribution in [0.1, 0.15) is 129 Å². The number of aliphatic hydroxyl groups is 2. The van der Waals surface area contributed by atoms with Crippen molar-refractivity contribution in [3.8, 4) is 0 Å². The SMILES string of the molecule is CCCCCCCCC(O)CCC(=O)OC(=O)CCC(O)CCCCCCCC. The maximum Gasteiger partial charge on any atom is 0.313 e. The highest BCUT2D eigenvalue weighted by Crippen LogP contribution is 2.13. The number of carbonyl (C=O) groups is 2. The smallest absolute Gasteiger partial charge is 0.313 e. The van der Waals surface area contributed by atoms with Gasteiger partial charge in [-0.05, 0) is 25.7 Å². The number of ether oxygens (including phenoxy) is 1. The van der Waals surface area contributed by atoms with Gasteiger partial charge in [0.1, 0.15) is 0 Å². The predicted octanol–water partition coefficient (Wildman–Crippen LogP) is 5.84. The highest BCUT2D eigenvalue weighted by atomic mass is 16.6. The summed E-state index contributed by atoms with van der Waals surface area (Å²) in [6.07, 6.45) is 15.2. The Morgan fingerprint density at radius 1 is 0.586 bits per heavy atom. The van der Waals surface area contributed by atoms with Crippen molar-refractivity contribution in [1.82, 2.24) is 0 Å². The van der Waals surface area contributed by atoms with E-state index in [1.807, 2.05) is 0 Å². The minimum Gasteiger partial charge on any atom is -0.393 e. The van der Waals surface area contributed by atoms with Crippen LogP contribution in [0.15, 0.2) is 0 Å². The standard InChI is InChI=1S/C24H46O5/c1-3-5-7-9-11-13-15-21(25)17-19-23(27)29-24(28)20-18-22(26)16-14-12-10-8-6-4-2/h21-22,25-26H,3-20H2,1-2H3. The molecule has 0 spiro atoms. The lowest BCUT2D eigenvalue weighted by Gasteiger charge is -2.11. The van der Waals surface area contributed by atoms with Gasteiger partial charge in [0.2, 0.25) is 0 Å². The van der Waals surface area contributed by atoms with Crippen LogP contribution in [0, 0.1) is 0 Å². The Morgan fingerprint density at radius 2 is 0.931 bits per heavy atom. The van der Waals surface area contributed by atoms with Gasteiger partial charge in [-0.15, -0.1) is 0 Å². The first-order valence-corrected chi connectivity index (χ1v) is 12.1. The number of hydrogen-bond donors (Lipinski definition) is 2. The Hall–Kier alpha value is -0.940. The summed E-state index contributed by atoms with van der Waals surface area (Å²) in [7, 11) is 0. The Morgan fingerprint density at radius 3 is 1.31 bits per heavy atom. The molecule has 5 heteroatoms. The quantitative estimate of drug-likeness (QED) is 0.148. The van der Waals surface area contributed by atoms with Gasteiger partial charge in [-0.25, -0.2) is 0 Å². The second kappa shape index (κ2) is 20.3. The fraction of sp³-hybridized carbons (Fsp3) is 0.917. The molecule has 0 amide bonds. The number of carbonyl (C=O) groups excluding carboxylic acids is 2. The summed E-state index contributed by atoms with van der Waals surface area (Å²) in [5.74, 6) is -1.16. The molecule has 29 heavy (non-hydrogen) atoms. The van der Waals surface area contributed by atoms with E-state index in [9.17, 15) is 19.8 Å². The van der Waals surface area contributed by atoms with Crippen molar-refractivity contribution in [1.29, 1.82) is 0 Å². The van der Waals surface area contributed by atoms with Gasteiger partial charge < -0.3 is 14.9 Å². The lowest BCUT2D eigenvalue weighted by atomic mass is 10.0. The average molecular weight is 415 g/mol. The molecular formula is C24H46O5. The molecule has 172 valence electrons. The minimum atomic E-state index is -0.581. The summed E-state index contributed by atoms with van der Waals surface area (Å²) < 4.78 is 4.79. The lowest BCUT2D eigenvalue weighted by Crippen LogP contribution is -2.17. The van der Waals surface area contributed by atoms with Crippen molar-refractivity contribution in [3.05, 3.63) is 0 Å². The van der Waals surface area contributed by atoms with Crippen LogP contribution < -0.4 is 0 Å². The van der Waals surface area contributed by atoms with Gasteiger partial charge in [0.05, 0.1) is 12.2 Å². The largest absolute Gasteiger partial charge is 0.393 e. The lowest BCUT2D eigenvalue weighted by molar-refractivity contribution is -0.160. The molecule has 0 aromatic rings. The topological polar surface area (TPSA) is 83.8 Å². The van der Waals surface area contributed by atoms with Gasteiger partial charge >= 0.3 is 11.9 Å². The van der Waals surface area contributed by atoms with E-state index in [4.69, 9.17) is 4.74 Å². The molecule has 0 bridgehead atoms. The fourth-order valence-corrected chi connectivity index (χ4v) is 3.41. The van der Waals surface area contributed by atoms with Crippen molar-refractivity contribution in [2.24, 2.45) is 0 Å². The van der Waals surface area contributed by atoms with Gasteiger partial charge in [-0.1, -0.05) is 90.9 Å². The summed E-state index contributed by atoms with van der Waals surface area (Å²) in [5.41, 5.74) is 0. The van der Waals surface area contributed by atoms with Crippen LogP contribution in [0.3, 0.4) is 0 Å². The Bertz CT molecular complexity index is 361. The van der Waals surface area contributed by atoms with E-state index in [0.29, 0.717) is 25.7 Å². The first-order valence-electron chi connectivity index (χ1n) is 12.1. The molecule has 0 aliphatic carbocycles. The molecule has 0 heterocycles. The number of rotatable bonds is 20. The summed E-state index contributed by atoms with van der Waals surface area (Å²) in [6.45, 7) is 4.37. The average Bonchev–Trinajstić information content (AvgIpc) is 2.70. The third-order valence-corrected chi connectivity index (χ3v) is 5.37. The molecule has 0 aliphatic heterocycles. The molecule has 0 aromatic carbocycles. The second-order valence-corrected chi connectivity index (χ2v) is 8.34. The predicted molar refractivity (Wildman–Crippen MR) is 118 cm³/mol. The zero-order chi connectivity index (χ0) is 21.7. The van der Waals surface area contributed by atoms with E-state index >= 15 is 0 Å². The molecule has 2 N–H and O–H groups in total. The molecule has 2 unspecified atom stereocenters. The Labute approximate surface area is 178 Å². The third kappa shape index (κ3) is 20.1. The van der Waals surface area contributed by atoms with Crippen molar-refractivity contribution in [2.75, 3.05) is 0 Å². The summed E-state index contributed by atoms with van der Waals surface area (Å²) in [6, 6.07) is 0. The second-order valence-electron chi connectivity index (χ2n) is 8.34. The summed E-state index contributed by atoms with van der Waals surface area (Å²) in [4.78, 5) is 23.5. The first kappa shape index (κ1) is 28.1.